The van der Waals surface area contributed by atoms with E-state index < -0.39 is 0 Å². The van der Waals surface area contributed by atoms with E-state index in [0.29, 0.717) is 6.61 Å². The van der Waals surface area contributed by atoms with E-state index in [4.69, 9.17) is 9.47 Å². The van der Waals surface area contributed by atoms with Gasteiger partial charge in [-0.2, -0.15) is 0 Å². The lowest BCUT2D eigenvalue weighted by atomic mass is 10.0. The molecular formula is C33H51FO2. The van der Waals surface area contributed by atoms with Gasteiger partial charge in [0.15, 0.2) is 11.6 Å². The Labute approximate surface area is 221 Å². The molecule has 3 heteroatoms. The summed E-state index contributed by atoms with van der Waals surface area (Å²) in [5.74, 6) is -0.0325. The van der Waals surface area contributed by atoms with Crippen molar-refractivity contribution in [3.8, 4) is 16.9 Å². The molecule has 2 aromatic carbocycles. The lowest BCUT2D eigenvalue weighted by molar-refractivity contribution is 0.0293. The van der Waals surface area contributed by atoms with Gasteiger partial charge in [-0.1, -0.05) is 121 Å². The molecule has 2 rings (SSSR count). The first-order chi connectivity index (χ1) is 17.6. The molecule has 0 fully saturated rings. The number of benzene rings is 2. The van der Waals surface area contributed by atoms with Gasteiger partial charge in [0, 0.05) is 6.61 Å². The van der Waals surface area contributed by atoms with Crippen LogP contribution in [-0.4, -0.2) is 19.3 Å². The van der Waals surface area contributed by atoms with Crippen LogP contribution < -0.4 is 4.74 Å². The van der Waals surface area contributed by atoms with Crippen molar-refractivity contribution in [1.29, 1.82) is 0 Å². The van der Waals surface area contributed by atoms with Crippen molar-refractivity contribution < 1.29 is 13.9 Å². The summed E-state index contributed by atoms with van der Waals surface area (Å²) in [6, 6.07) is 13.8. The maximum absolute atomic E-state index is 14.7. The summed E-state index contributed by atoms with van der Waals surface area (Å²) in [6.07, 6.45) is 19.4. The second-order valence-electron chi connectivity index (χ2n) is 10.3. The molecule has 0 saturated heterocycles. The second-order valence-corrected chi connectivity index (χ2v) is 10.3. The summed E-state index contributed by atoms with van der Waals surface area (Å²) in [5, 5.41) is 0. The summed E-state index contributed by atoms with van der Waals surface area (Å²) in [5.41, 5.74) is 3.28. The molecule has 0 heterocycles. The van der Waals surface area contributed by atoms with E-state index in [1.54, 1.807) is 12.1 Å². The van der Waals surface area contributed by atoms with Gasteiger partial charge < -0.3 is 9.47 Å². The van der Waals surface area contributed by atoms with Crippen LogP contribution in [0.25, 0.3) is 11.1 Å². The van der Waals surface area contributed by atoms with E-state index >= 15 is 0 Å². The fraction of sp³-hybridized carbons (Fsp3) is 0.636. The molecule has 0 aliphatic rings. The Morgan fingerprint density at radius 1 is 0.667 bits per heavy atom. The first-order valence-corrected chi connectivity index (χ1v) is 14.8. The molecule has 36 heavy (non-hydrogen) atoms. The fourth-order valence-electron chi connectivity index (χ4n) is 4.55. The topological polar surface area (TPSA) is 18.5 Å². The average Bonchev–Trinajstić information content (AvgIpc) is 2.89. The summed E-state index contributed by atoms with van der Waals surface area (Å²) in [7, 11) is 0. The number of unbranched alkanes of at least 4 members (excludes halogenated alkanes) is 12. The zero-order valence-electron chi connectivity index (χ0n) is 23.3. The minimum atomic E-state index is -0.322. The Morgan fingerprint density at radius 2 is 1.22 bits per heavy atom. The number of rotatable bonds is 21. The zero-order valence-corrected chi connectivity index (χ0v) is 23.3. The normalized spacial score (nSPS) is 12.1. The molecule has 0 spiro atoms. The van der Waals surface area contributed by atoms with Crippen LogP contribution >= 0.6 is 0 Å². The molecule has 0 aromatic heterocycles. The second kappa shape index (κ2) is 19.3. The van der Waals surface area contributed by atoms with E-state index in [9.17, 15) is 4.39 Å². The summed E-state index contributed by atoms with van der Waals surface area (Å²) in [6.45, 7) is 7.55. The molecule has 1 atom stereocenters. The van der Waals surface area contributed by atoms with Crippen LogP contribution in [0.15, 0.2) is 42.5 Å². The van der Waals surface area contributed by atoms with Crippen molar-refractivity contribution in [1.82, 2.24) is 0 Å². The Kier molecular flexibility index (Phi) is 16.2. The standard InChI is InChI=1S/C33H51FO2/c1-4-6-8-10-11-12-13-14-15-16-18-29-19-21-30(22-20-29)31-23-24-33(32(34)26-31)36-27-28(3)35-25-17-9-7-5-2/h19-24,26,28H,4-18,25,27H2,1-3H3/t28-/m1/s1. The van der Waals surface area contributed by atoms with Crippen molar-refractivity contribution >= 4 is 0 Å². The summed E-state index contributed by atoms with van der Waals surface area (Å²) in [4.78, 5) is 0. The maximum Gasteiger partial charge on any atom is 0.165 e. The first-order valence-electron chi connectivity index (χ1n) is 14.8. The molecule has 0 radical (unpaired) electrons. The Bertz CT molecular complexity index is 802. The number of ether oxygens (including phenoxy) is 2. The molecule has 2 nitrogen and oxygen atoms in total. The van der Waals surface area contributed by atoms with E-state index in [-0.39, 0.29) is 17.7 Å². The monoisotopic (exact) mass is 498 g/mol. The van der Waals surface area contributed by atoms with E-state index in [2.05, 4.69) is 38.1 Å². The largest absolute Gasteiger partial charge is 0.488 e. The SMILES string of the molecule is CCCCCCCCCCCCc1ccc(-c2ccc(OC[C@@H](C)OCCCCCC)c(F)c2)cc1. The highest BCUT2D eigenvalue weighted by Gasteiger charge is 2.09. The molecule has 0 aliphatic carbocycles. The van der Waals surface area contributed by atoms with Crippen molar-refractivity contribution in [2.75, 3.05) is 13.2 Å². The molecular weight excluding hydrogens is 447 g/mol. The Hall–Kier alpha value is -1.87. The van der Waals surface area contributed by atoms with Crippen LogP contribution in [0.5, 0.6) is 5.75 Å². The van der Waals surface area contributed by atoms with Crippen molar-refractivity contribution in [2.45, 2.75) is 123 Å². The van der Waals surface area contributed by atoms with E-state index in [1.807, 2.05) is 13.0 Å². The Morgan fingerprint density at radius 3 is 1.83 bits per heavy atom. The van der Waals surface area contributed by atoms with Crippen LogP contribution in [0, 0.1) is 5.82 Å². The van der Waals surface area contributed by atoms with Crippen LogP contribution in [0.4, 0.5) is 4.39 Å². The van der Waals surface area contributed by atoms with Gasteiger partial charge >= 0.3 is 0 Å². The minimum Gasteiger partial charge on any atom is -0.488 e. The lowest BCUT2D eigenvalue weighted by Gasteiger charge is -2.15. The fourth-order valence-corrected chi connectivity index (χ4v) is 4.55. The molecule has 0 amide bonds. The van der Waals surface area contributed by atoms with Gasteiger partial charge in [-0.05, 0) is 55.0 Å². The molecule has 0 N–H and O–H groups in total. The van der Waals surface area contributed by atoms with Gasteiger partial charge in [0.2, 0.25) is 0 Å². The molecule has 202 valence electrons. The lowest BCUT2D eigenvalue weighted by Crippen LogP contribution is -2.19. The minimum absolute atomic E-state index is 0.0474. The molecule has 2 aromatic rings. The predicted octanol–water partition coefficient (Wildman–Crippen LogP) is 10.3. The number of hydrogen-bond acceptors (Lipinski definition) is 2. The van der Waals surface area contributed by atoms with Gasteiger partial charge in [0.05, 0.1) is 6.10 Å². The van der Waals surface area contributed by atoms with Crippen molar-refractivity contribution in [3.05, 3.63) is 53.8 Å². The summed E-state index contributed by atoms with van der Waals surface area (Å²) >= 11 is 0. The van der Waals surface area contributed by atoms with Gasteiger partial charge in [-0.15, -0.1) is 0 Å². The molecule has 0 unspecified atom stereocenters. The highest BCUT2D eigenvalue weighted by molar-refractivity contribution is 5.64. The van der Waals surface area contributed by atoms with Crippen LogP contribution in [-0.2, 0) is 11.2 Å². The average molecular weight is 499 g/mol. The van der Waals surface area contributed by atoms with Gasteiger partial charge in [-0.3, -0.25) is 0 Å². The van der Waals surface area contributed by atoms with Gasteiger partial charge in [0.1, 0.15) is 6.61 Å². The van der Waals surface area contributed by atoms with E-state index in [0.717, 1.165) is 30.6 Å². The van der Waals surface area contributed by atoms with Crippen LogP contribution in [0.1, 0.15) is 116 Å². The number of aryl methyl sites for hydroxylation is 1. The maximum atomic E-state index is 14.7. The molecule has 0 aliphatic heterocycles. The predicted molar refractivity (Wildman–Crippen MR) is 152 cm³/mol. The third kappa shape index (κ3) is 12.9. The van der Waals surface area contributed by atoms with Gasteiger partial charge in [0.25, 0.3) is 0 Å². The third-order valence-electron chi connectivity index (χ3n) is 6.91. The van der Waals surface area contributed by atoms with Crippen molar-refractivity contribution in [2.24, 2.45) is 0 Å². The van der Waals surface area contributed by atoms with Crippen LogP contribution in [0.2, 0.25) is 0 Å². The first kappa shape index (κ1) is 30.4. The zero-order chi connectivity index (χ0) is 25.8. The van der Waals surface area contributed by atoms with E-state index in [1.165, 1.54) is 89.0 Å². The highest BCUT2D eigenvalue weighted by Crippen LogP contribution is 2.26. The number of hydrogen-bond donors (Lipinski definition) is 0. The molecule has 0 saturated carbocycles. The third-order valence-corrected chi connectivity index (χ3v) is 6.91. The van der Waals surface area contributed by atoms with Gasteiger partial charge in [-0.25, -0.2) is 4.39 Å². The Balaban J connectivity index is 1.67. The highest BCUT2D eigenvalue weighted by atomic mass is 19.1. The smallest absolute Gasteiger partial charge is 0.165 e. The van der Waals surface area contributed by atoms with Crippen LogP contribution in [0.3, 0.4) is 0 Å². The quantitative estimate of drug-likeness (QED) is 0.159. The van der Waals surface area contributed by atoms with Crippen molar-refractivity contribution in [3.63, 3.8) is 0 Å². The summed E-state index contributed by atoms with van der Waals surface area (Å²) < 4.78 is 26.1. The molecule has 0 bridgehead atoms. The number of halogens is 1.